The van der Waals surface area contributed by atoms with Gasteiger partial charge in [0.1, 0.15) is 5.75 Å². The van der Waals surface area contributed by atoms with Gasteiger partial charge in [-0.25, -0.2) is 0 Å². The molecule has 2 aromatic rings. The summed E-state index contributed by atoms with van der Waals surface area (Å²) in [7, 11) is 0. The number of carbonyl (C=O) groups is 1. The lowest BCUT2D eigenvalue weighted by molar-refractivity contribution is -0.130. The van der Waals surface area contributed by atoms with Gasteiger partial charge in [-0.3, -0.25) is 9.78 Å². The van der Waals surface area contributed by atoms with Crippen LogP contribution in [0, 0.1) is 5.92 Å². The maximum atomic E-state index is 12.3. The molecule has 3 rings (SSSR count). The Morgan fingerprint density at radius 3 is 2.79 bits per heavy atom. The molecular weight excluding hydrogens is 300 g/mol. The maximum Gasteiger partial charge on any atom is 0.222 e. The number of hydrogen-bond acceptors (Lipinski definition) is 3. The highest BCUT2D eigenvalue weighted by atomic mass is 16.5. The molecule has 1 aromatic heterocycles. The van der Waals surface area contributed by atoms with Gasteiger partial charge in [-0.2, -0.15) is 0 Å². The number of likely N-dealkylation sites (tertiary alicyclic amines) is 1. The molecule has 0 bridgehead atoms. The van der Waals surface area contributed by atoms with E-state index in [1.807, 2.05) is 53.6 Å². The molecule has 1 aromatic carbocycles. The molecule has 0 radical (unpaired) electrons. The predicted molar refractivity (Wildman–Crippen MR) is 93.8 cm³/mol. The van der Waals surface area contributed by atoms with Crippen molar-refractivity contribution in [1.82, 2.24) is 9.88 Å². The molecule has 1 saturated heterocycles. The summed E-state index contributed by atoms with van der Waals surface area (Å²) in [5.74, 6) is 1.64. The minimum absolute atomic E-state index is 0.246. The average molecular weight is 324 g/mol. The van der Waals surface area contributed by atoms with Gasteiger partial charge in [0.2, 0.25) is 5.91 Å². The van der Waals surface area contributed by atoms with Crippen molar-refractivity contribution in [3.8, 4) is 5.75 Å². The monoisotopic (exact) mass is 324 g/mol. The normalized spacial score (nSPS) is 17.0. The number of pyridine rings is 1. The fraction of sp³-hybridized carbons (Fsp3) is 0.400. The van der Waals surface area contributed by atoms with Crippen molar-refractivity contribution in [2.75, 3.05) is 19.7 Å². The Balaban J connectivity index is 1.35. The summed E-state index contributed by atoms with van der Waals surface area (Å²) in [6.07, 6.45) is 5.18. The molecule has 0 spiro atoms. The van der Waals surface area contributed by atoms with E-state index in [2.05, 4.69) is 11.1 Å². The molecule has 4 nitrogen and oxygen atoms in total. The van der Waals surface area contributed by atoms with Gasteiger partial charge in [0.05, 0.1) is 6.61 Å². The van der Waals surface area contributed by atoms with Gasteiger partial charge in [-0.05, 0) is 49.4 Å². The van der Waals surface area contributed by atoms with Gasteiger partial charge in [0, 0.05) is 31.4 Å². The van der Waals surface area contributed by atoms with Crippen molar-refractivity contribution in [2.45, 2.75) is 25.7 Å². The van der Waals surface area contributed by atoms with Crippen LogP contribution in [-0.2, 0) is 11.2 Å². The maximum absolute atomic E-state index is 12.3. The lowest BCUT2D eigenvalue weighted by Gasteiger charge is -2.16. The van der Waals surface area contributed by atoms with Crippen LogP contribution in [0.25, 0.3) is 0 Å². The van der Waals surface area contributed by atoms with E-state index in [1.165, 1.54) is 0 Å². The van der Waals surface area contributed by atoms with Crippen LogP contribution < -0.4 is 4.74 Å². The van der Waals surface area contributed by atoms with E-state index in [4.69, 9.17) is 4.74 Å². The second-order valence-electron chi connectivity index (χ2n) is 6.28. The predicted octanol–water partition coefficient (Wildman–Crippen LogP) is 3.33. The van der Waals surface area contributed by atoms with Crippen molar-refractivity contribution in [1.29, 1.82) is 0 Å². The molecule has 0 saturated carbocycles. The lowest BCUT2D eigenvalue weighted by Crippen LogP contribution is -2.29. The number of amides is 1. The van der Waals surface area contributed by atoms with Crippen LogP contribution in [0.5, 0.6) is 5.75 Å². The Labute approximate surface area is 143 Å². The quantitative estimate of drug-likeness (QED) is 0.734. The fourth-order valence-corrected chi connectivity index (χ4v) is 3.13. The minimum Gasteiger partial charge on any atom is -0.494 e. The molecule has 0 N–H and O–H groups in total. The van der Waals surface area contributed by atoms with Crippen LogP contribution in [0.2, 0.25) is 0 Å². The summed E-state index contributed by atoms with van der Waals surface area (Å²) in [6.45, 7) is 2.31. The first-order valence-corrected chi connectivity index (χ1v) is 8.67. The Morgan fingerprint density at radius 1 is 1.17 bits per heavy atom. The van der Waals surface area contributed by atoms with E-state index in [9.17, 15) is 4.79 Å². The summed E-state index contributed by atoms with van der Waals surface area (Å²) in [6, 6.07) is 15.8. The topological polar surface area (TPSA) is 42.4 Å². The zero-order valence-corrected chi connectivity index (χ0v) is 13.9. The first-order chi connectivity index (χ1) is 11.8. The van der Waals surface area contributed by atoms with Crippen molar-refractivity contribution in [2.24, 2.45) is 5.92 Å². The molecule has 1 unspecified atom stereocenters. The number of ether oxygens (including phenoxy) is 1. The summed E-state index contributed by atoms with van der Waals surface area (Å²) < 4.78 is 5.64. The number of rotatable bonds is 7. The molecule has 1 aliphatic heterocycles. The number of nitrogens with zero attached hydrogens (tertiary/aromatic N) is 2. The van der Waals surface area contributed by atoms with Crippen LogP contribution in [-0.4, -0.2) is 35.5 Å². The number of aromatic nitrogens is 1. The zero-order chi connectivity index (χ0) is 16.6. The average Bonchev–Trinajstić information content (AvgIpc) is 3.09. The van der Waals surface area contributed by atoms with Crippen molar-refractivity contribution >= 4 is 5.91 Å². The molecule has 1 atom stereocenters. The highest BCUT2D eigenvalue weighted by Gasteiger charge is 2.26. The number of carbonyl (C=O) groups excluding carboxylic acids is 1. The Morgan fingerprint density at radius 2 is 2.00 bits per heavy atom. The lowest BCUT2D eigenvalue weighted by atomic mass is 10.0. The van der Waals surface area contributed by atoms with E-state index in [0.717, 1.165) is 43.8 Å². The van der Waals surface area contributed by atoms with Crippen molar-refractivity contribution in [3.63, 3.8) is 0 Å². The molecule has 1 aliphatic rings. The zero-order valence-electron chi connectivity index (χ0n) is 13.9. The second-order valence-corrected chi connectivity index (χ2v) is 6.28. The van der Waals surface area contributed by atoms with Crippen molar-refractivity contribution < 1.29 is 9.53 Å². The van der Waals surface area contributed by atoms with Gasteiger partial charge >= 0.3 is 0 Å². The number of hydrogen-bond donors (Lipinski definition) is 0. The van der Waals surface area contributed by atoms with Gasteiger partial charge < -0.3 is 9.64 Å². The molecule has 2 heterocycles. The molecule has 4 heteroatoms. The third-order valence-electron chi connectivity index (χ3n) is 4.41. The first-order valence-electron chi connectivity index (χ1n) is 8.67. The molecule has 126 valence electrons. The van der Waals surface area contributed by atoms with E-state index in [-0.39, 0.29) is 5.91 Å². The van der Waals surface area contributed by atoms with Crippen LogP contribution >= 0.6 is 0 Å². The molecule has 1 amide bonds. The van der Waals surface area contributed by atoms with Gasteiger partial charge in [-0.1, -0.05) is 24.3 Å². The highest BCUT2D eigenvalue weighted by molar-refractivity contribution is 5.76. The van der Waals surface area contributed by atoms with Crippen LogP contribution in [0.15, 0.2) is 54.7 Å². The van der Waals surface area contributed by atoms with E-state index in [1.54, 1.807) is 0 Å². The summed E-state index contributed by atoms with van der Waals surface area (Å²) >= 11 is 0. The number of para-hydroxylation sites is 1. The fourth-order valence-electron chi connectivity index (χ4n) is 3.13. The van der Waals surface area contributed by atoms with E-state index < -0.39 is 0 Å². The van der Waals surface area contributed by atoms with Crippen LogP contribution in [0.3, 0.4) is 0 Å². The molecular formula is C20H24N2O2. The molecule has 0 aliphatic carbocycles. The van der Waals surface area contributed by atoms with Gasteiger partial charge in [-0.15, -0.1) is 0 Å². The van der Waals surface area contributed by atoms with E-state index in [0.29, 0.717) is 18.9 Å². The third kappa shape index (κ3) is 4.82. The highest BCUT2D eigenvalue weighted by Crippen LogP contribution is 2.21. The summed E-state index contributed by atoms with van der Waals surface area (Å²) in [4.78, 5) is 18.7. The second kappa shape index (κ2) is 8.48. The van der Waals surface area contributed by atoms with Crippen molar-refractivity contribution in [3.05, 3.63) is 60.4 Å². The summed E-state index contributed by atoms with van der Waals surface area (Å²) in [5, 5.41) is 0. The smallest absolute Gasteiger partial charge is 0.222 e. The van der Waals surface area contributed by atoms with Crippen LogP contribution in [0.4, 0.5) is 0 Å². The van der Waals surface area contributed by atoms with Gasteiger partial charge in [0.25, 0.3) is 0 Å². The van der Waals surface area contributed by atoms with Crippen LogP contribution in [0.1, 0.15) is 25.0 Å². The molecule has 1 fully saturated rings. The standard InChI is InChI=1S/C20H24N2O2/c23-20(10-6-14-24-19-8-2-1-3-9-19)22-13-11-17(16-22)15-18-7-4-5-12-21-18/h1-5,7-9,12,17H,6,10-11,13-16H2. The largest absolute Gasteiger partial charge is 0.494 e. The Kier molecular flexibility index (Phi) is 5.83. The minimum atomic E-state index is 0.246. The van der Waals surface area contributed by atoms with Gasteiger partial charge in [0.15, 0.2) is 0 Å². The van der Waals surface area contributed by atoms with E-state index >= 15 is 0 Å². The Bertz CT molecular complexity index is 631. The number of benzene rings is 1. The SMILES string of the molecule is O=C(CCCOc1ccccc1)N1CCC(Cc2ccccn2)C1. The molecule has 24 heavy (non-hydrogen) atoms. The first kappa shape index (κ1) is 16.5. The third-order valence-corrected chi connectivity index (χ3v) is 4.41. The summed E-state index contributed by atoms with van der Waals surface area (Å²) in [5.41, 5.74) is 1.12. The Hall–Kier alpha value is -2.36.